The van der Waals surface area contributed by atoms with Gasteiger partial charge in [-0.1, -0.05) is 19.1 Å². The van der Waals surface area contributed by atoms with E-state index in [2.05, 4.69) is 22.9 Å². The van der Waals surface area contributed by atoms with E-state index in [0.717, 1.165) is 30.3 Å². The van der Waals surface area contributed by atoms with Gasteiger partial charge in [0.15, 0.2) is 17.6 Å². The molecule has 1 aliphatic heterocycles. The molecule has 5 heteroatoms. The number of aromatic nitrogens is 1. The maximum absolute atomic E-state index is 8.88. The summed E-state index contributed by atoms with van der Waals surface area (Å²) in [6.07, 6.45) is 2.56. The van der Waals surface area contributed by atoms with Crippen molar-refractivity contribution in [2.45, 2.75) is 19.4 Å². The Hall–Kier alpha value is -2.74. The molecule has 0 spiro atoms. The number of hydrogen-bond donors (Lipinski definition) is 0. The summed E-state index contributed by atoms with van der Waals surface area (Å²) in [7, 11) is 0. The third-order valence-electron chi connectivity index (χ3n) is 3.69. The number of nitrogens with zero attached hydrogens (tertiary/aromatic N) is 3. The van der Waals surface area contributed by atoms with Crippen molar-refractivity contribution in [3.05, 3.63) is 48.2 Å². The molecule has 5 nitrogen and oxygen atoms in total. The highest BCUT2D eigenvalue weighted by Gasteiger charge is 2.23. The average Bonchev–Trinajstić information content (AvgIpc) is 2.61. The molecule has 2 aromatic rings. The van der Waals surface area contributed by atoms with Crippen molar-refractivity contribution in [3.63, 3.8) is 0 Å². The summed E-state index contributed by atoms with van der Waals surface area (Å²) >= 11 is 0. The van der Waals surface area contributed by atoms with Gasteiger partial charge in [0.05, 0.1) is 12.1 Å². The predicted molar refractivity (Wildman–Crippen MR) is 87.8 cm³/mol. The number of pyridine rings is 1. The van der Waals surface area contributed by atoms with Gasteiger partial charge in [-0.25, -0.2) is 4.98 Å². The number of para-hydroxylation sites is 2. The second kappa shape index (κ2) is 7.01. The molecule has 118 valence electrons. The maximum Gasteiger partial charge on any atom is 0.161 e. The molecule has 0 N–H and O–H groups in total. The first-order valence-electron chi connectivity index (χ1n) is 7.79. The summed E-state index contributed by atoms with van der Waals surface area (Å²) in [5, 5.41) is 8.88. The zero-order valence-corrected chi connectivity index (χ0v) is 13.1. The van der Waals surface area contributed by atoms with Crippen molar-refractivity contribution in [1.82, 2.24) is 4.98 Å². The van der Waals surface area contributed by atoms with Crippen LogP contribution in [0.2, 0.25) is 0 Å². The van der Waals surface area contributed by atoms with E-state index >= 15 is 0 Å². The Balaban J connectivity index is 1.71. The number of hydrogen-bond acceptors (Lipinski definition) is 5. The van der Waals surface area contributed by atoms with Crippen molar-refractivity contribution >= 4 is 5.82 Å². The van der Waals surface area contributed by atoms with E-state index in [1.165, 1.54) is 0 Å². The molecule has 1 aromatic carbocycles. The van der Waals surface area contributed by atoms with Crippen LogP contribution in [0.5, 0.6) is 11.5 Å². The minimum atomic E-state index is -0.0473. The molecule has 0 aliphatic carbocycles. The van der Waals surface area contributed by atoms with Crippen LogP contribution >= 0.6 is 0 Å². The maximum atomic E-state index is 8.88. The highest BCUT2D eigenvalue weighted by atomic mass is 16.6. The molecule has 0 amide bonds. The molecule has 0 unspecified atom stereocenters. The summed E-state index contributed by atoms with van der Waals surface area (Å²) < 4.78 is 11.8. The molecular formula is C18H19N3O2. The largest absolute Gasteiger partial charge is 0.486 e. The Labute approximate surface area is 136 Å². The Morgan fingerprint density at radius 2 is 2.09 bits per heavy atom. The van der Waals surface area contributed by atoms with Crippen molar-refractivity contribution in [1.29, 1.82) is 5.26 Å². The van der Waals surface area contributed by atoms with Gasteiger partial charge in [-0.3, -0.25) is 0 Å². The number of anilines is 1. The van der Waals surface area contributed by atoms with E-state index < -0.39 is 0 Å². The van der Waals surface area contributed by atoms with E-state index in [1.807, 2.05) is 30.3 Å². The van der Waals surface area contributed by atoms with Gasteiger partial charge >= 0.3 is 0 Å². The van der Waals surface area contributed by atoms with Gasteiger partial charge in [0.25, 0.3) is 0 Å². The van der Waals surface area contributed by atoms with E-state index in [4.69, 9.17) is 14.7 Å². The lowest BCUT2D eigenvalue weighted by molar-refractivity contribution is 0.0951. The fraction of sp³-hybridized carbons (Fsp3) is 0.333. The number of nitriles is 1. The van der Waals surface area contributed by atoms with E-state index in [0.29, 0.717) is 18.7 Å². The monoisotopic (exact) mass is 309 g/mol. The van der Waals surface area contributed by atoms with E-state index in [9.17, 15) is 0 Å². The first-order chi connectivity index (χ1) is 11.3. The van der Waals surface area contributed by atoms with Gasteiger partial charge < -0.3 is 14.4 Å². The summed E-state index contributed by atoms with van der Waals surface area (Å²) in [4.78, 5) is 6.56. The molecule has 1 atom stereocenters. The fourth-order valence-electron chi connectivity index (χ4n) is 2.61. The third kappa shape index (κ3) is 3.54. The molecule has 1 aliphatic rings. The standard InChI is InChI=1S/C18H19N3O2/c1-2-9-21(18-8-7-14(10-19)11-20-18)12-15-13-22-16-5-3-4-6-17(16)23-15/h3-8,11,15H,2,9,12-13H2,1H3/t15-/m1/s1. The van der Waals surface area contributed by atoms with Gasteiger partial charge in [0, 0.05) is 12.7 Å². The number of benzene rings is 1. The summed E-state index contributed by atoms with van der Waals surface area (Å²) in [5.74, 6) is 2.43. The van der Waals surface area contributed by atoms with Crippen LogP contribution in [-0.4, -0.2) is 30.8 Å². The van der Waals surface area contributed by atoms with Crippen LogP contribution in [0.3, 0.4) is 0 Å². The van der Waals surface area contributed by atoms with Crippen LogP contribution in [0.25, 0.3) is 0 Å². The molecule has 23 heavy (non-hydrogen) atoms. The molecular weight excluding hydrogens is 290 g/mol. The highest BCUT2D eigenvalue weighted by Crippen LogP contribution is 2.31. The second-order valence-electron chi connectivity index (χ2n) is 5.46. The lowest BCUT2D eigenvalue weighted by Crippen LogP contribution is -2.41. The lowest BCUT2D eigenvalue weighted by Gasteiger charge is -2.31. The van der Waals surface area contributed by atoms with Crippen molar-refractivity contribution in [2.24, 2.45) is 0 Å². The zero-order chi connectivity index (χ0) is 16.1. The number of ether oxygens (including phenoxy) is 2. The van der Waals surface area contributed by atoms with Crippen molar-refractivity contribution in [2.75, 3.05) is 24.6 Å². The summed E-state index contributed by atoms with van der Waals surface area (Å²) in [6.45, 7) is 4.22. The van der Waals surface area contributed by atoms with Gasteiger partial charge in [0.1, 0.15) is 18.5 Å². The lowest BCUT2D eigenvalue weighted by atomic mass is 10.2. The van der Waals surface area contributed by atoms with Crippen LogP contribution in [0.4, 0.5) is 5.82 Å². The van der Waals surface area contributed by atoms with E-state index in [1.54, 1.807) is 12.3 Å². The van der Waals surface area contributed by atoms with Crippen molar-refractivity contribution in [3.8, 4) is 17.6 Å². The smallest absolute Gasteiger partial charge is 0.161 e. The summed E-state index contributed by atoms with van der Waals surface area (Å²) in [6, 6.07) is 13.5. The molecule has 0 saturated carbocycles. The molecule has 3 rings (SSSR count). The number of rotatable bonds is 5. The Morgan fingerprint density at radius 3 is 2.78 bits per heavy atom. The van der Waals surface area contributed by atoms with Crippen molar-refractivity contribution < 1.29 is 9.47 Å². The average molecular weight is 309 g/mol. The zero-order valence-electron chi connectivity index (χ0n) is 13.1. The normalized spacial score (nSPS) is 15.7. The fourth-order valence-corrected chi connectivity index (χ4v) is 2.61. The minimum Gasteiger partial charge on any atom is -0.486 e. The van der Waals surface area contributed by atoms with Crippen LogP contribution in [0.15, 0.2) is 42.6 Å². The van der Waals surface area contributed by atoms with Gasteiger partial charge in [-0.2, -0.15) is 5.26 Å². The van der Waals surface area contributed by atoms with Gasteiger partial charge in [-0.05, 0) is 30.7 Å². The van der Waals surface area contributed by atoms with Crippen LogP contribution in [0.1, 0.15) is 18.9 Å². The first kappa shape index (κ1) is 15.2. The van der Waals surface area contributed by atoms with Gasteiger partial charge in [-0.15, -0.1) is 0 Å². The molecule has 0 fully saturated rings. The Kier molecular flexibility index (Phi) is 4.62. The Bertz CT molecular complexity index is 694. The predicted octanol–water partition coefficient (Wildman–Crippen LogP) is 3.01. The number of fused-ring (bicyclic) bond motifs is 1. The summed E-state index contributed by atoms with van der Waals surface area (Å²) in [5.41, 5.74) is 0.566. The minimum absolute atomic E-state index is 0.0473. The molecule has 0 saturated heterocycles. The highest BCUT2D eigenvalue weighted by molar-refractivity contribution is 5.43. The molecule has 0 radical (unpaired) electrons. The SMILES string of the molecule is CCCN(C[C@@H]1COc2ccccc2O1)c1ccc(C#N)cn1. The van der Waals surface area contributed by atoms with Gasteiger partial charge in [0.2, 0.25) is 0 Å². The Morgan fingerprint density at radius 1 is 1.26 bits per heavy atom. The second-order valence-corrected chi connectivity index (χ2v) is 5.46. The van der Waals surface area contributed by atoms with Crippen LogP contribution in [-0.2, 0) is 0 Å². The quantitative estimate of drug-likeness (QED) is 0.849. The first-order valence-corrected chi connectivity index (χ1v) is 7.79. The van der Waals surface area contributed by atoms with E-state index in [-0.39, 0.29) is 6.10 Å². The molecule has 0 bridgehead atoms. The van der Waals surface area contributed by atoms with Crippen LogP contribution < -0.4 is 14.4 Å². The third-order valence-corrected chi connectivity index (χ3v) is 3.69. The topological polar surface area (TPSA) is 58.4 Å². The van der Waals surface area contributed by atoms with Crippen LogP contribution in [0, 0.1) is 11.3 Å². The molecule has 1 aromatic heterocycles. The molecule has 2 heterocycles.